The lowest BCUT2D eigenvalue weighted by Crippen LogP contribution is -2.54. The summed E-state index contributed by atoms with van der Waals surface area (Å²) in [6.07, 6.45) is 0.960. The molecule has 0 spiro atoms. The van der Waals surface area contributed by atoms with Crippen LogP contribution in [0.4, 0.5) is 0 Å². The first-order valence-electron chi connectivity index (χ1n) is 17.9. The van der Waals surface area contributed by atoms with E-state index >= 15 is 0 Å². The standard InChI is InChI=1S/C41H48N4O8/c1-30-34(11-6-13-37(30)32-10-5-12-35(22-32)50-19-7-16-45-17-20-49-21-18-45)25-51-36-15-14-33(24-42-41(27-46,28-47)29-48)38(23-36)52-26-39-43-44-40(53-39)31-8-3-2-4-9-31/h2-6,8-15,22-23,42,46-48H,7,16-21,24-29H2,1H3. The first kappa shape index (κ1) is 37.9. The van der Waals surface area contributed by atoms with Gasteiger partial charge in [-0.15, -0.1) is 10.2 Å². The summed E-state index contributed by atoms with van der Waals surface area (Å²) >= 11 is 0. The monoisotopic (exact) mass is 724 g/mol. The SMILES string of the molecule is Cc1c(COc2ccc(CNC(CO)(CO)CO)c(OCc3nnc(-c4ccccc4)o3)c2)cccc1-c1cccc(OCCCN2CCOCC2)c1. The first-order valence-corrected chi connectivity index (χ1v) is 17.9. The fourth-order valence-electron chi connectivity index (χ4n) is 6.02. The van der Waals surface area contributed by atoms with Gasteiger partial charge in [0.05, 0.1) is 45.2 Å². The molecule has 0 saturated carbocycles. The fourth-order valence-corrected chi connectivity index (χ4v) is 6.02. The van der Waals surface area contributed by atoms with Gasteiger partial charge in [-0.1, -0.05) is 54.6 Å². The van der Waals surface area contributed by atoms with Crippen molar-refractivity contribution in [3.63, 3.8) is 0 Å². The molecule has 4 aromatic carbocycles. The summed E-state index contributed by atoms with van der Waals surface area (Å²) in [5.41, 5.74) is 4.56. The Hall–Kier alpha value is -4.82. The number of nitrogens with one attached hydrogen (secondary N) is 1. The maximum absolute atomic E-state index is 9.84. The van der Waals surface area contributed by atoms with Crippen LogP contribution in [0.15, 0.2) is 95.4 Å². The maximum atomic E-state index is 9.84. The Kier molecular flexibility index (Phi) is 13.4. The van der Waals surface area contributed by atoms with Crippen molar-refractivity contribution in [2.45, 2.75) is 38.6 Å². The Morgan fingerprint density at radius 1 is 0.755 bits per heavy atom. The minimum absolute atomic E-state index is 0.000760. The molecule has 12 nitrogen and oxygen atoms in total. The Morgan fingerprint density at radius 2 is 1.51 bits per heavy atom. The lowest BCUT2D eigenvalue weighted by Gasteiger charge is -2.29. The fraction of sp³-hybridized carbons (Fsp3) is 0.366. The van der Waals surface area contributed by atoms with Crippen molar-refractivity contribution in [3.05, 3.63) is 114 Å². The van der Waals surface area contributed by atoms with Crippen molar-refractivity contribution in [2.24, 2.45) is 0 Å². The average Bonchev–Trinajstić information content (AvgIpc) is 3.69. The first-order chi connectivity index (χ1) is 26.0. The Labute approximate surface area is 309 Å². The van der Waals surface area contributed by atoms with Crippen LogP contribution in [0.2, 0.25) is 0 Å². The molecule has 1 fully saturated rings. The maximum Gasteiger partial charge on any atom is 0.254 e. The van der Waals surface area contributed by atoms with Crippen molar-refractivity contribution >= 4 is 0 Å². The Balaban J connectivity index is 1.12. The van der Waals surface area contributed by atoms with Crippen molar-refractivity contribution in [1.29, 1.82) is 0 Å². The van der Waals surface area contributed by atoms with Crippen LogP contribution in [0.3, 0.4) is 0 Å². The summed E-state index contributed by atoms with van der Waals surface area (Å²) in [5, 5.41) is 40.9. The quantitative estimate of drug-likeness (QED) is 0.0869. The van der Waals surface area contributed by atoms with Crippen LogP contribution >= 0.6 is 0 Å². The zero-order chi connectivity index (χ0) is 36.9. The molecule has 0 amide bonds. The second-order valence-corrected chi connectivity index (χ2v) is 13.1. The number of ether oxygens (including phenoxy) is 4. The highest BCUT2D eigenvalue weighted by atomic mass is 16.5. The average molecular weight is 725 g/mol. The zero-order valence-electron chi connectivity index (χ0n) is 30.1. The topological polar surface area (TPSA) is 152 Å². The van der Waals surface area contributed by atoms with Crippen LogP contribution in [0.1, 0.15) is 29.0 Å². The zero-order valence-corrected chi connectivity index (χ0v) is 30.1. The molecule has 1 aliphatic rings. The van der Waals surface area contributed by atoms with Crippen LogP contribution in [-0.4, -0.2) is 95.2 Å². The van der Waals surface area contributed by atoms with E-state index in [-0.39, 0.29) is 13.2 Å². The molecule has 0 unspecified atom stereocenters. The van der Waals surface area contributed by atoms with Gasteiger partial charge in [-0.2, -0.15) is 0 Å². The summed E-state index contributed by atoms with van der Waals surface area (Å²) in [5.74, 6) is 2.58. The number of morpholine rings is 1. The van der Waals surface area contributed by atoms with Gasteiger partial charge in [0.15, 0.2) is 6.61 Å². The van der Waals surface area contributed by atoms with Gasteiger partial charge in [-0.05, 0) is 65.9 Å². The molecular weight excluding hydrogens is 676 g/mol. The van der Waals surface area contributed by atoms with Gasteiger partial charge >= 0.3 is 0 Å². The summed E-state index contributed by atoms with van der Waals surface area (Å²) < 4.78 is 29.9. The highest BCUT2D eigenvalue weighted by Crippen LogP contribution is 2.31. The molecule has 12 heteroatoms. The molecule has 5 aromatic rings. The third kappa shape index (κ3) is 10.2. The van der Waals surface area contributed by atoms with E-state index in [1.807, 2.05) is 60.7 Å². The molecule has 4 N–H and O–H groups in total. The van der Waals surface area contributed by atoms with Crippen molar-refractivity contribution < 1.29 is 38.7 Å². The molecule has 53 heavy (non-hydrogen) atoms. The van der Waals surface area contributed by atoms with Crippen LogP contribution in [0.25, 0.3) is 22.6 Å². The number of rotatable bonds is 19. The Morgan fingerprint density at radius 3 is 2.30 bits per heavy atom. The summed E-state index contributed by atoms with van der Waals surface area (Å²) in [6.45, 7) is 6.47. The normalized spacial score (nSPS) is 13.6. The minimum Gasteiger partial charge on any atom is -0.494 e. The summed E-state index contributed by atoms with van der Waals surface area (Å²) in [6, 6.07) is 29.3. The molecule has 2 heterocycles. The highest BCUT2D eigenvalue weighted by molar-refractivity contribution is 5.69. The molecule has 1 aromatic heterocycles. The van der Waals surface area contributed by atoms with Crippen LogP contribution in [0.5, 0.6) is 17.2 Å². The molecule has 0 radical (unpaired) electrons. The Bertz CT molecular complexity index is 1870. The molecule has 280 valence electrons. The van der Waals surface area contributed by atoms with Gasteiger partial charge in [-0.25, -0.2) is 0 Å². The molecule has 1 saturated heterocycles. The number of aliphatic hydroxyl groups excluding tert-OH is 3. The smallest absolute Gasteiger partial charge is 0.254 e. The molecule has 0 bridgehead atoms. The number of hydrogen-bond donors (Lipinski definition) is 4. The van der Waals surface area contributed by atoms with E-state index in [0.29, 0.717) is 42.1 Å². The van der Waals surface area contributed by atoms with Crippen molar-refractivity contribution in [1.82, 2.24) is 20.4 Å². The van der Waals surface area contributed by atoms with Crippen LogP contribution < -0.4 is 19.5 Å². The lowest BCUT2D eigenvalue weighted by molar-refractivity contribution is 0.0358. The predicted molar refractivity (Wildman–Crippen MR) is 200 cm³/mol. The number of aliphatic hydroxyl groups is 3. The highest BCUT2D eigenvalue weighted by Gasteiger charge is 2.27. The molecular formula is C41H48N4O8. The number of aromatic nitrogens is 2. The molecule has 0 atom stereocenters. The van der Waals surface area contributed by atoms with Crippen molar-refractivity contribution in [2.75, 3.05) is 59.3 Å². The second kappa shape index (κ2) is 18.8. The summed E-state index contributed by atoms with van der Waals surface area (Å²) in [4.78, 5) is 2.41. The lowest BCUT2D eigenvalue weighted by atomic mass is 9.96. The van der Waals surface area contributed by atoms with Gasteiger partial charge in [0.25, 0.3) is 5.89 Å². The van der Waals surface area contributed by atoms with Gasteiger partial charge in [0, 0.05) is 43.4 Å². The van der Waals surface area contributed by atoms with E-state index in [0.717, 1.165) is 72.8 Å². The van der Waals surface area contributed by atoms with E-state index in [9.17, 15) is 15.3 Å². The van der Waals surface area contributed by atoms with E-state index in [1.165, 1.54) is 0 Å². The minimum atomic E-state index is -1.26. The van der Waals surface area contributed by atoms with Gasteiger partial charge in [-0.3, -0.25) is 4.90 Å². The van der Waals surface area contributed by atoms with Gasteiger partial charge in [0.2, 0.25) is 5.89 Å². The van der Waals surface area contributed by atoms with E-state index in [2.05, 4.69) is 51.6 Å². The molecule has 6 rings (SSSR count). The molecule has 0 aliphatic carbocycles. The number of benzene rings is 4. The van der Waals surface area contributed by atoms with Gasteiger partial charge in [0.1, 0.15) is 23.9 Å². The van der Waals surface area contributed by atoms with E-state index < -0.39 is 25.4 Å². The molecule has 1 aliphatic heterocycles. The number of nitrogens with zero attached hydrogens (tertiary/aromatic N) is 3. The van der Waals surface area contributed by atoms with Crippen LogP contribution in [0, 0.1) is 6.92 Å². The number of hydrogen-bond acceptors (Lipinski definition) is 12. The van der Waals surface area contributed by atoms with Crippen molar-refractivity contribution in [3.8, 4) is 39.8 Å². The van der Waals surface area contributed by atoms with E-state index in [1.54, 1.807) is 6.07 Å². The second-order valence-electron chi connectivity index (χ2n) is 13.1. The largest absolute Gasteiger partial charge is 0.494 e. The third-order valence-electron chi connectivity index (χ3n) is 9.42. The van der Waals surface area contributed by atoms with E-state index in [4.69, 9.17) is 23.4 Å². The van der Waals surface area contributed by atoms with Crippen LogP contribution in [-0.2, 0) is 24.5 Å². The van der Waals surface area contributed by atoms with Gasteiger partial charge < -0.3 is 44.0 Å². The summed E-state index contributed by atoms with van der Waals surface area (Å²) in [7, 11) is 0. The predicted octanol–water partition coefficient (Wildman–Crippen LogP) is 4.78. The third-order valence-corrected chi connectivity index (χ3v) is 9.42.